The van der Waals surface area contributed by atoms with Gasteiger partial charge in [-0.15, -0.1) is 0 Å². The van der Waals surface area contributed by atoms with Crippen molar-refractivity contribution in [3.63, 3.8) is 0 Å². The van der Waals surface area contributed by atoms with Crippen LogP contribution in [0.25, 0.3) is 0 Å². The number of rotatable bonds is 4. The van der Waals surface area contributed by atoms with Gasteiger partial charge in [-0.2, -0.15) is 0 Å². The lowest BCUT2D eigenvalue weighted by Gasteiger charge is -2.35. The lowest BCUT2D eigenvalue weighted by atomic mass is 10.0. The molecule has 1 saturated heterocycles. The van der Waals surface area contributed by atoms with Gasteiger partial charge in [-0.05, 0) is 80.2 Å². The largest absolute Gasteiger partial charge is 0.325 e. The minimum absolute atomic E-state index is 0.0722. The molecule has 20 heavy (non-hydrogen) atoms. The van der Waals surface area contributed by atoms with Crippen LogP contribution in [0.2, 0.25) is 0 Å². The summed E-state index contributed by atoms with van der Waals surface area (Å²) in [5.41, 5.74) is 0.865. The second kappa shape index (κ2) is 7.38. The fourth-order valence-electron chi connectivity index (χ4n) is 2.54. The Morgan fingerprint density at radius 1 is 1.40 bits per heavy atom. The van der Waals surface area contributed by atoms with Gasteiger partial charge in [-0.3, -0.25) is 9.69 Å². The summed E-state index contributed by atoms with van der Waals surface area (Å²) in [6.07, 6.45) is 2.34. The maximum atomic E-state index is 12.3. The van der Waals surface area contributed by atoms with Crippen molar-refractivity contribution in [3.8, 4) is 0 Å². The highest BCUT2D eigenvalue weighted by atomic mass is 127. The highest BCUT2D eigenvalue weighted by molar-refractivity contribution is 14.1. The molecule has 1 aromatic rings. The molecule has 1 fully saturated rings. The van der Waals surface area contributed by atoms with Gasteiger partial charge >= 0.3 is 0 Å². The molecule has 0 aromatic heterocycles. The Bertz CT molecular complexity index is 449. The first-order valence-electron chi connectivity index (χ1n) is 7.08. The van der Waals surface area contributed by atoms with Crippen LogP contribution in [0.4, 0.5) is 5.69 Å². The fourth-order valence-corrected chi connectivity index (χ4v) is 2.90. The van der Waals surface area contributed by atoms with Gasteiger partial charge < -0.3 is 10.6 Å². The molecule has 2 N–H and O–H groups in total. The van der Waals surface area contributed by atoms with Gasteiger partial charge in [-0.25, -0.2) is 0 Å². The minimum atomic E-state index is -0.0922. The second-order valence-corrected chi connectivity index (χ2v) is 6.54. The van der Waals surface area contributed by atoms with E-state index in [-0.39, 0.29) is 11.9 Å². The SMILES string of the molecule is CNC1CCCN(C(C)C(=O)Nc2ccc(I)cc2)C1. The summed E-state index contributed by atoms with van der Waals surface area (Å²) in [4.78, 5) is 14.6. The Morgan fingerprint density at radius 3 is 2.75 bits per heavy atom. The monoisotopic (exact) mass is 387 g/mol. The van der Waals surface area contributed by atoms with Gasteiger partial charge in [0.1, 0.15) is 0 Å². The molecule has 1 aliphatic heterocycles. The van der Waals surface area contributed by atoms with E-state index in [2.05, 4.69) is 38.1 Å². The molecule has 2 unspecified atom stereocenters. The van der Waals surface area contributed by atoms with E-state index in [1.807, 2.05) is 38.2 Å². The number of amides is 1. The van der Waals surface area contributed by atoms with E-state index in [1.54, 1.807) is 0 Å². The first-order valence-corrected chi connectivity index (χ1v) is 8.16. The summed E-state index contributed by atoms with van der Waals surface area (Å²) in [5, 5.41) is 6.30. The van der Waals surface area contributed by atoms with E-state index in [1.165, 1.54) is 9.99 Å². The van der Waals surface area contributed by atoms with E-state index >= 15 is 0 Å². The number of nitrogens with one attached hydrogen (secondary N) is 2. The number of piperidine rings is 1. The third-order valence-electron chi connectivity index (χ3n) is 3.90. The Labute approximate surface area is 134 Å². The van der Waals surface area contributed by atoms with E-state index in [0.29, 0.717) is 6.04 Å². The molecule has 0 saturated carbocycles. The molecule has 0 spiro atoms. The third-order valence-corrected chi connectivity index (χ3v) is 4.62. The molecule has 0 aliphatic carbocycles. The number of anilines is 1. The van der Waals surface area contributed by atoms with Gasteiger partial charge in [0.15, 0.2) is 0 Å². The maximum Gasteiger partial charge on any atom is 0.241 e. The molecule has 0 bridgehead atoms. The molecule has 5 heteroatoms. The van der Waals surface area contributed by atoms with E-state index < -0.39 is 0 Å². The number of carbonyl (C=O) groups is 1. The van der Waals surface area contributed by atoms with Crippen LogP contribution >= 0.6 is 22.6 Å². The van der Waals surface area contributed by atoms with Gasteiger partial charge in [0.05, 0.1) is 6.04 Å². The van der Waals surface area contributed by atoms with Crippen molar-refractivity contribution in [2.45, 2.75) is 31.8 Å². The average molecular weight is 387 g/mol. The van der Waals surface area contributed by atoms with E-state index in [4.69, 9.17) is 0 Å². The molecule has 4 nitrogen and oxygen atoms in total. The lowest BCUT2D eigenvalue weighted by Crippen LogP contribution is -2.51. The van der Waals surface area contributed by atoms with Gasteiger partial charge in [0.25, 0.3) is 0 Å². The topological polar surface area (TPSA) is 44.4 Å². The molecule has 1 aliphatic rings. The smallest absolute Gasteiger partial charge is 0.241 e. The Balaban J connectivity index is 1.92. The molecular weight excluding hydrogens is 365 g/mol. The standard InChI is InChI=1S/C15H22IN3O/c1-11(19-9-3-4-14(10-19)17-2)15(20)18-13-7-5-12(16)6-8-13/h5-8,11,14,17H,3-4,9-10H2,1-2H3,(H,18,20). The molecular formula is C15H22IN3O. The number of likely N-dealkylation sites (tertiary alicyclic amines) is 1. The first kappa shape index (κ1) is 15.7. The van der Waals surface area contributed by atoms with Gasteiger partial charge in [-0.1, -0.05) is 0 Å². The number of carbonyl (C=O) groups excluding carboxylic acids is 1. The van der Waals surface area contributed by atoms with Crippen LogP contribution in [0.3, 0.4) is 0 Å². The molecule has 1 amide bonds. The van der Waals surface area contributed by atoms with Crippen molar-refractivity contribution < 1.29 is 4.79 Å². The lowest BCUT2D eigenvalue weighted by molar-refractivity contribution is -0.121. The zero-order chi connectivity index (χ0) is 14.5. The van der Waals surface area contributed by atoms with Crippen LogP contribution < -0.4 is 10.6 Å². The fraction of sp³-hybridized carbons (Fsp3) is 0.533. The normalized spacial score (nSPS) is 21.4. The van der Waals surface area contributed by atoms with Gasteiger partial charge in [0.2, 0.25) is 5.91 Å². The number of nitrogens with zero attached hydrogens (tertiary/aromatic N) is 1. The Kier molecular flexibility index (Phi) is 5.80. The van der Waals surface area contributed by atoms with Crippen LogP contribution in [-0.4, -0.2) is 43.0 Å². The van der Waals surface area contributed by atoms with Crippen molar-refractivity contribution in [2.75, 3.05) is 25.5 Å². The van der Waals surface area contributed by atoms with Crippen LogP contribution in [0.15, 0.2) is 24.3 Å². The molecule has 0 radical (unpaired) electrons. The summed E-state index contributed by atoms with van der Waals surface area (Å²) in [6.45, 7) is 3.93. The summed E-state index contributed by atoms with van der Waals surface area (Å²) < 4.78 is 1.17. The van der Waals surface area contributed by atoms with Crippen molar-refractivity contribution in [2.24, 2.45) is 0 Å². The number of hydrogen-bond acceptors (Lipinski definition) is 3. The minimum Gasteiger partial charge on any atom is -0.325 e. The Morgan fingerprint density at radius 2 is 2.10 bits per heavy atom. The molecule has 2 atom stereocenters. The van der Waals surface area contributed by atoms with E-state index in [9.17, 15) is 4.79 Å². The maximum absolute atomic E-state index is 12.3. The number of halogens is 1. The number of hydrogen-bond donors (Lipinski definition) is 2. The van der Waals surface area contributed by atoms with Gasteiger partial charge in [0, 0.05) is 21.8 Å². The zero-order valence-corrected chi connectivity index (χ0v) is 14.2. The number of likely N-dealkylation sites (N-methyl/N-ethyl adjacent to an activating group) is 1. The predicted molar refractivity (Wildman–Crippen MR) is 90.9 cm³/mol. The summed E-state index contributed by atoms with van der Waals surface area (Å²) in [6, 6.07) is 8.29. The van der Waals surface area contributed by atoms with Crippen molar-refractivity contribution in [3.05, 3.63) is 27.8 Å². The summed E-state index contributed by atoms with van der Waals surface area (Å²) >= 11 is 2.26. The Hall–Kier alpha value is -0.660. The molecule has 2 rings (SSSR count). The van der Waals surface area contributed by atoms with Crippen LogP contribution in [-0.2, 0) is 4.79 Å². The van der Waals surface area contributed by atoms with Crippen LogP contribution in [0.1, 0.15) is 19.8 Å². The second-order valence-electron chi connectivity index (χ2n) is 5.29. The summed E-state index contributed by atoms with van der Waals surface area (Å²) in [5.74, 6) is 0.0722. The first-order chi connectivity index (χ1) is 9.60. The van der Waals surface area contributed by atoms with Crippen LogP contribution in [0, 0.1) is 3.57 Å². The summed E-state index contributed by atoms with van der Waals surface area (Å²) in [7, 11) is 1.99. The highest BCUT2D eigenvalue weighted by Crippen LogP contribution is 2.15. The van der Waals surface area contributed by atoms with Crippen molar-refractivity contribution in [1.82, 2.24) is 10.2 Å². The van der Waals surface area contributed by atoms with Crippen LogP contribution in [0.5, 0.6) is 0 Å². The average Bonchev–Trinajstić information content (AvgIpc) is 2.48. The van der Waals surface area contributed by atoms with E-state index in [0.717, 1.165) is 25.2 Å². The predicted octanol–water partition coefficient (Wildman–Crippen LogP) is 2.30. The molecule has 110 valence electrons. The highest BCUT2D eigenvalue weighted by Gasteiger charge is 2.26. The zero-order valence-electron chi connectivity index (χ0n) is 12.0. The van der Waals surface area contributed by atoms with Crippen molar-refractivity contribution in [1.29, 1.82) is 0 Å². The van der Waals surface area contributed by atoms with Crippen molar-refractivity contribution >= 4 is 34.2 Å². The number of benzene rings is 1. The molecule has 1 aromatic carbocycles. The third kappa shape index (κ3) is 4.17. The molecule has 1 heterocycles. The quantitative estimate of drug-likeness (QED) is 0.780.